The Morgan fingerprint density at radius 3 is 2.44 bits per heavy atom. The van der Waals surface area contributed by atoms with Crippen LogP contribution in [0.1, 0.15) is 34.3 Å². The first-order valence-electron chi connectivity index (χ1n) is 11.2. The zero-order chi connectivity index (χ0) is 24.1. The number of hydrogen-bond donors (Lipinski definition) is 1. The van der Waals surface area contributed by atoms with Crippen LogP contribution in [0.2, 0.25) is 0 Å². The van der Waals surface area contributed by atoms with E-state index in [1.165, 1.54) is 34.5 Å². The first-order valence-corrected chi connectivity index (χ1v) is 13.6. The van der Waals surface area contributed by atoms with Crippen LogP contribution in [0, 0.1) is 6.92 Å². The van der Waals surface area contributed by atoms with E-state index in [1.807, 2.05) is 37.3 Å². The molecule has 34 heavy (non-hydrogen) atoms. The first kappa shape index (κ1) is 24.3. The number of hydrogen-bond acceptors (Lipinski definition) is 5. The normalized spacial score (nSPS) is 14.2. The zero-order valence-electron chi connectivity index (χ0n) is 19.3. The van der Waals surface area contributed by atoms with Crippen molar-refractivity contribution in [2.45, 2.75) is 35.3 Å². The SMILES string of the molecule is COc1ccc(S(=O)(=O)N2CCCC2)cc1C(=O)Nc1ccc(CSc2ccccc2)cc1C. The number of amides is 1. The highest BCUT2D eigenvalue weighted by Crippen LogP contribution is 2.29. The predicted octanol–water partition coefficient (Wildman–Crippen LogP) is 5.33. The smallest absolute Gasteiger partial charge is 0.259 e. The van der Waals surface area contributed by atoms with Crippen LogP contribution in [0.15, 0.2) is 76.5 Å². The minimum Gasteiger partial charge on any atom is -0.496 e. The summed E-state index contributed by atoms with van der Waals surface area (Å²) in [6, 6.07) is 20.6. The van der Waals surface area contributed by atoms with Gasteiger partial charge in [-0.2, -0.15) is 4.31 Å². The molecule has 178 valence electrons. The lowest BCUT2D eigenvalue weighted by Gasteiger charge is -2.17. The van der Waals surface area contributed by atoms with Gasteiger partial charge in [0.05, 0.1) is 17.6 Å². The second-order valence-electron chi connectivity index (χ2n) is 8.18. The maximum atomic E-state index is 13.1. The van der Waals surface area contributed by atoms with Crippen molar-refractivity contribution in [3.63, 3.8) is 0 Å². The van der Waals surface area contributed by atoms with Crippen molar-refractivity contribution in [2.24, 2.45) is 0 Å². The Hall–Kier alpha value is -2.81. The van der Waals surface area contributed by atoms with Gasteiger partial charge in [-0.25, -0.2) is 8.42 Å². The number of methoxy groups -OCH3 is 1. The number of carbonyl (C=O) groups is 1. The summed E-state index contributed by atoms with van der Waals surface area (Å²) in [5.74, 6) is 0.736. The molecule has 4 rings (SSSR count). The number of ether oxygens (including phenoxy) is 1. The molecule has 0 saturated carbocycles. The van der Waals surface area contributed by atoms with Gasteiger partial charge in [0.2, 0.25) is 10.0 Å². The van der Waals surface area contributed by atoms with Gasteiger partial charge in [-0.3, -0.25) is 4.79 Å². The zero-order valence-corrected chi connectivity index (χ0v) is 20.9. The molecule has 0 radical (unpaired) electrons. The molecule has 0 aliphatic carbocycles. The number of benzene rings is 3. The summed E-state index contributed by atoms with van der Waals surface area (Å²) < 4.78 is 32.8. The molecule has 1 amide bonds. The minimum atomic E-state index is -3.64. The topological polar surface area (TPSA) is 75.7 Å². The van der Waals surface area contributed by atoms with E-state index in [0.29, 0.717) is 24.5 Å². The Labute approximate surface area is 205 Å². The van der Waals surface area contributed by atoms with Crippen LogP contribution in [0.25, 0.3) is 0 Å². The summed E-state index contributed by atoms with van der Waals surface area (Å²) in [4.78, 5) is 14.4. The molecule has 0 aromatic heterocycles. The lowest BCUT2D eigenvalue weighted by molar-refractivity contribution is 0.102. The fourth-order valence-electron chi connectivity index (χ4n) is 3.93. The highest BCUT2D eigenvalue weighted by atomic mass is 32.2. The Bertz CT molecular complexity index is 1270. The standard InChI is InChI=1S/C26H28N2O4S2/c1-19-16-20(18-33-21-8-4-3-5-9-21)10-12-24(19)27-26(29)23-17-22(11-13-25(23)32-2)34(30,31)28-14-6-7-15-28/h3-5,8-13,16-17H,6-7,14-15,18H2,1-2H3,(H,27,29). The molecule has 0 unspecified atom stereocenters. The molecule has 1 aliphatic rings. The number of rotatable bonds is 8. The van der Waals surface area contributed by atoms with Gasteiger partial charge in [0, 0.05) is 29.4 Å². The van der Waals surface area contributed by atoms with Crippen LogP contribution in [0.4, 0.5) is 5.69 Å². The maximum absolute atomic E-state index is 13.1. The van der Waals surface area contributed by atoms with Crippen molar-refractivity contribution in [3.8, 4) is 5.75 Å². The van der Waals surface area contributed by atoms with Crippen molar-refractivity contribution in [3.05, 3.63) is 83.4 Å². The van der Waals surface area contributed by atoms with E-state index in [1.54, 1.807) is 11.8 Å². The van der Waals surface area contributed by atoms with E-state index in [9.17, 15) is 13.2 Å². The van der Waals surface area contributed by atoms with Crippen LogP contribution >= 0.6 is 11.8 Å². The Morgan fingerprint density at radius 2 is 1.76 bits per heavy atom. The second kappa shape index (κ2) is 10.6. The molecule has 0 spiro atoms. The molecule has 3 aromatic rings. The number of aryl methyl sites for hydroxylation is 1. The van der Waals surface area contributed by atoms with Crippen molar-refractivity contribution in [2.75, 3.05) is 25.5 Å². The molecule has 1 N–H and O–H groups in total. The first-order chi connectivity index (χ1) is 16.4. The quantitative estimate of drug-likeness (QED) is 0.427. The van der Waals surface area contributed by atoms with Gasteiger partial charge in [-0.15, -0.1) is 11.8 Å². The maximum Gasteiger partial charge on any atom is 0.259 e. The van der Waals surface area contributed by atoms with Crippen LogP contribution in [-0.4, -0.2) is 38.8 Å². The minimum absolute atomic E-state index is 0.102. The third kappa shape index (κ3) is 5.46. The van der Waals surface area contributed by atoms with Crippen molar-refractivity contribution in [1.29, 1.82) is 0 Å². The number of nitrogens with zero attached hydrogens (tertiary/aromatic N) is 1. The summed E-state index contributed by atoms with van der Waals surface area (Å²) >= 11 is 1.75. The van der Waals surface area contributed by atoms with Gasteiger partial charge in [-0.05, 0) is 67.3 Å². The molecule has 0 bridgehead atoms. The van der Waals surface area contributed by atoms with Gasteiger partial charge in [0.1, 0.15) is 5.75 Å². The van der Waals surface area contributed by atoms with Crippen LogP contribution < -0.4 is 10.1 Å². The second-order valence-corrected chi connectivity index (χ2v) is 11.2. The fraction of sp³-hybridized carbons (Fsp3) is 0.269. The lowest BCUT2D eigenvalue weighted by Crippen LogP contribution is -2.28. The van der Waals surface area contributed by atoms with Gasteiger partial charge in [0.25, 0.3) is 5.91 Å². The van der Waals surface area contributed by atoms with Crippen LogP contribution in [-0.2, 0) is 15.8 Å². The average Bonchev–Trinajstić information content (AvgIpc) is 3.40. The average molecular weight is 497 g/mol. The fourth-order valence-corrected chi connectivity index (χ4v) is 6.34. The summed E-state index contributed by atoms with van der Waals surface area (Å²) in [5, 5.41) is 2.92. The third-order valence-electron chi connectivity index (χ3n) is 5.81. The molecular formula is C26H28N2O4S2. The third-order valence-corrected chi connectivity index (χ3v) is 8.78. The number of thioether (sulfide) groups is 1. The summed E-state index contributed by atoms with van der Waals surface area (Å²) in [6.45, 7) is 2.95. The Kier molecular flexibility index (Phi) is 7.60. The van der Waals surface area contributed by atoms with E-state index in [2.05, 4.69) is 23.5 Å². The van der Waals surface area contributed by atoms with E-state index in [4.69, 9.17) is 4.74 Å². The van der Waals surface area contributed by atoms with Crippen molar-refractivity contribution >= 4 is 33.4 Å². The number of carbonyl (C=O) groups excluding carboxylic acids is 1. The van der Waals surface area contributed by atoms with E-state index in [0.717, 1.165) is 29.7 Å². The van der Waals surface area contributed by atoms with Crippen molar-refractivity contribution in [1.82, 2.24) is 4.31 Å². The number of anilines is 1. The van der Waals surface area contributed by atoms with Gasteiger partial charge >= 0.3 is 0 Å². The van der Waals surface area contributed by atoms with E-state index < -0.39 is 15.9 Å². The predicted molar refractivity (Wildman–Crippen MR) is 136 cm³/mol. The van der Waals surface area contributed by atoms with Gasteiger partial charge < -0.3 is 10.1 Å². The Balaban J connectivity index is 1.51. The highest BCUT2D eigenvalue weighted by molar-refractivity contribution is 7.98. The summed E-state index contributed by atoms with van der Waals surface area (Å²) in [6.07, 6.45) is 1.70. The molecular weight excluding hydrogens is 468 g/mol. The molecule has 0 atom stereocenters. The lowest BCUT2D eigenvalue weighted by atomic mass is 10.1. The molecule has 3 aromatic carbocycles. The van der Waals surface area contributed by atoms with Gasteiger partial charge in [0.15, 0.2) is 0 Å². The molecule has 1 heterocycles. The van der Waals surface area contributed by atoms with Crippen LogP contribution in [0.3, 0.4) is 0 Å². The summed E-state index contributed by atoms with van der Waals surface area (Å²) in [5.41, 5.74) is 2.94. The van der Waals surface area contributed by atoms with E-state index in [-0.39, 0.29) is 10.5 Å². The largest absolute Gasteiger partial charge is 0.496 e. The summed E-state index contributed by atoms with van der Waals surface area (Å²) in [7, 11) is -2.18. The highest BCUT2D eigenvalue weighted by Gasteiger charge is 2.28. The molecule has 1 aliphatic heterocycles. The molecule has 1 fully saturated rings. The Morgan fingerprint density at radius 1 is 1.03 bits per heavy atom. The van der Waals surface area contributed by atoms with Gasteiger partial charge in [-0.1, -0.05) is 30.3 Å². The monoisotopic (exact) mass is 496 g/mol. The number of nitrogens with one attached hydrogen (secondary N) is 1. The molecule has 6 nitrogen and oxygen atoms in total. The molecule has 8 heteroatoms. The number of sulfonamides is 1. The van der Waals surface area contributed by atoms with Crippen LogP contribution in [0.5, 0.6) is 5.75 Å². The van der Waals surface area contributed by atoms with E-state index >= 15 is 0 Å². The van der Waals surface area contributed by atoms with Crippen molar-refractivity contribution < 1.29 is 17.9 Å². The molecule has 1 saturated heterocycles.